The second kappa shape index (κ2) is 6.25. The Morgan fingerprint density at radius 1 is 1.18 bits per heavy atom. The summed E-state index contributed by atoms with van der Waals surface area (Å²) in [6, 6.07) is 13.7. The number of carbonyl (C=O) groups excluding carboxylic acids is 1. The van der Waals surface area contributed by atoms with Gasteiger partial charge in [0.2, 0.25) is 0 Å². The van der Waals surface area contributed by atoms with Crippen molar-refractivity contribution < 1.29 is 9.90 Å². The number of phenols is 1. The Hall–Kier alpha value is -2.24. The van der Waals surface area contributed by atoms with E-state index in [1.165, 1.54) is 11.8 Å². The first kappa shape index (κ1) is 14.7. The molecule has 0 aliphatic carbocycles. The molecule has 0 radical (unpaired) electrons. The average molecular weight is 331 g/mol. The largest absolute Gasteiger partial charge is 0.508 e. The molecule has 110 valence electrons. The van der Waals surface area contributed by atoms with Gasteiger partial charge in [0.1, 0.15) is 5.75 Å². The zero-order chi connectivity index (χ0) is 15.5. The maximum Gasteiger partial charge on any atom is 0.264 e. The smallest absolute Gasteiger partial charge is 0.264 e. The van der Waals surface area contributed by atoms with Gasteiger partial charge < -0.3 is 10.4 Å². The zero-order valence-electron chi connectivity index (χ0n) is 11.3. The number of nitrogens with one attached hydrogen (secondary N) is 1. The van der Waals surface area contributed by atoms with Crippen LogP contribution in [0.25, 0.3) is 6.08 Å². The first-order chi connectivity index (χ1) is 10.6. The molecule has 6 heteroatoms. The van der Waals surface area contributed by atoms with Crippen molar-refractivity contribution in [2.45, 2.75) is 0 Å². The van der Waals surface area contributed by atoms with Gasteiger partial charge >= 0.3 is 0 Å². The molecule has 0 bridgehead atoms. The van der Waals surface area contributed by atoms with Crippen LogP contribution in [0.1, 0.15) is 5.56 Å². The number of hydrogen-bond acceptors (Lipinski definition) is 4. The molecule has 2 aromatic carbocycles. The van der Waals surface area contributed by atoms with Crippen molar-refractivity contribution in [1.29, 1.82) is 0 Å². The number of carbonyl (C=O) groups is 1. The summed E-state index contributed by atoms with van der Waals surface area (Å²) < 4.78 is 0. The van der Waals surface area contributed by atoms with E-state index in [9.17, 15) is 9.90 Å². The molecule has 1 fully saturated rings. The lowest BCUT2D eigenvalue weighted by atomic mass is 10.2. The van der Waals surface area contributed by atoms with Crippen molar-refractivity contribution in [3.63, 3.8) is 0 Å². The van der Waals surface area contributed by atoms with E-state index in [0.29, 0.717) is 20.8 Å². The van der Waals surface area contributed by atoms with Gasteiger partial charge in [0.05, 0.1) is 10.6 Å². The van der Waals surface area contributed by atoms with Gasteiger partial charge in [-0.2, -0.15) is 0 Å². The maximum atomic E-state index is 12.0. The van der Waals surface area contributed by atoms with E-state index >= 15 is 0 Å². The molecule has 2 N–H and O–H groups in total. The van der Waals surface area contributed by atoms with Gasteiger partial charge in [-0.15, -0.1) is 0 Å². The highest BCUT2D eigenvalue weighted by molar-refractivity contribution is 8.18. The number of amidine groups is 1. The van der Waals surface area contributed by atoms with Crippen LogP contribution in [0, 0.1) is 0 Å². The summed E-state index contributed by atoms with van der Waals surface area (Å²) in [6.07, 6.45) is 1.75. The summed E-state index contributed by atoms with van der Waals surface area (Å²) >= 11 is 7.18. The summed E-state index contributed by atoms with van der Waals surface area (Å²) in [5, 5.41) is 13.1. The summed E-state index contributed by atoms with van der Waals surface area (Å²) in [5.74, 6) is -0.00672. The molecule has 3 rings (SSSR count). The fourth-order valence-electron chi connectivity index (χ4n) is 1.87. The molecule has 0 aromatic heterocycles. The molecule has 1 aliphatic rings. The van der Waals surface area contributed by atoms with E-state index in [4.69, 9.17) is 11.6 Å². The third-order valence-corrected chi connectivity index (χ3v) is 4.03. The monoisotopic (exact) mass is 330 g/mol. The Kier molecular flexibility index (Phi) is 4.18. The van der Waals surface area contributed by atoms with Gasteiger partial charge in [0, 0.05) is 5.02 Å². The van der Waals surface area contributed by atoms with Crippen molar-refractivity contribution in [3.05, 3.63) is 64.0 Å². The molecule has 1 heterocycles. The molecule has 0 unspecified atom stereocenters. The van der Waals surface area contributed by atoms with Crippen LogP contribution >= 0.6 is 23.4 Å². The summed E-state index contributed by atoms with van der Waals surface area (Å²) in [4.78, 5) is 16.9. The Morgan fingerprint density at radius 3 is 2.68 bits per heavy atom. The third-order valence-electron chi connectivity index (χ3n) is 2.88. The lowest BCUT2D eigenvalue weighted by Gasteiger charge is -1.96. The van der Waals surface area contributed by atoms with Crippen molar-refractivity contribution in [3.8, 4) is 5.75 Å². The number of amides is 1. The topological polar surface area (TPSA) is 61.7 Å². The fourth-order valence-corrected chi connectivity index (χ4v) is 2.89. The molecule has 1 amide bonds. The molecular weight excluding hydrogens is 320 g/mol. The molecule has 2 aromatic rings. The van der Waals surface area contributed by atoms with Crippen LogP contribution in [0.15, 0.2) is 58.4 Å². The van der Waals surface area contributed by atoms with Crippen molar-refractivity contribution in [2.24, 2.45) is 4.99 Å². The molecule has 0 spiro atoms. The summed E-state index contributed by atoms with van der Waals surface area (Å²) in [7, 11) is 0. The van der Waals surface area contributed by atoms with E-state index in [1.54, 1.807) is 48.5 Å². The first-order valence-corrected chi connectivity index (χ1v) is 7.64. The summed E-state index contributed by atoms with van der Waals surface area (Å²) in [6.45, 7) is 0. The van der Waals surface area contributed by atoms with E-state index in [1.807, 2.05) is 6.07 Å². The molecule has 1 aliphatic heterocycles. The molecule has 1 saturated heterocycles. The van der Waals surface area contributed by atoms with Crippen LogP contribution in [0.4, 0.5) is 5.69 Å². The number of benzene rings is 2. The second-order valence-corrected chi connectivity index (χ2v) is 6.02. The number of hydrogen-bond donors (Lipinski definition) is 2. The second-order valence-electron chi connectivity index (χ2n) is 4.55. The molecule has 22 heavy (non-hydrogen) atoms. The van der Waals surface area contributed by atoms with Crippen LogP contribution in [-0.4, -0.2) is 16.2 Å². The highest BCUT2D eigenvalue weighted by Gasteiger charge is 2.23. The van der Waals surface area contributed by atoms with E-state index < -0.39 is 0 Å². The Labute approximate surface area is 136 Å². The number of halogens is 1. The number of aliphatic imine (C=N–C) groups is 1. The van der Waals surface area contributed by atoms with E-state index in [-0.39, 0.29) is 11.7 Å². The minimum absolute atomic E-state index is 0.189. The maximum absolute atomic E-state index is 12.0. The quantitative estimate of drug-likeness (QED) is 0.820. The van der Waals surface area contributed by atoms with Gasteiger partial charge in [-0.25, -0.2) is 4.99 Å². The standard InChI is InChI=1S/C16H11ClN2O2S/c17-11-2-1-3-12(9-11)18-16-19-15(21)14(22-16)8-10-4-6-13(20)7-5-10/h1-9,20H,(H,18,19,21). The Balaban J connectivity index is 1.82. The van der Waals surface area contributed by atoms with Gasteiger partial charge in [-0.05, 0) is 53.7 Å². The Morgan fingerprint density at radius 2 is 1.95 bits per heavy atom. The zero-order valence-corrected chi connectivity index (χ0v) is 12.9. The van der Waals surface area contributed by atoms with Crippen LogP contribution in [0.5, 0.6) is 5.75 Å². The lowest BCUT2D eigenvalue weighted by molar-refractivity contribution is -0.115. The third kappa shape index (κ3) is 3.50. The molecule has 0 atom stereocenters. The predicted molar refractivity (Wildman–Crippen MR) is 90.4 cm³/mol. The lowest BCUT2D eigenvalue weighted by Crippen LogP contribution is -2.19. The van der Waals surface area contributed by atoms with Gasteiger partial charge in [-0.1, -0.05) is 29.8 Å². The number of rotatable bonds is 2. The van der Waals surface area contributed by atoms with Gasteiger partial charge in [-0.3, -0.25) is 4.79 Å². The minimum atomic E-state index is -0.196. The molecule has 0 saturated carbocycles. The van der Waals surface area contributed by atoms with Crippen molar-refractivity contribution in [1.82, 2.24) is 5.32 Å². The van der Waals surface area contributed by atoms with Crippen LogP contribution in [0.3, 0.4) is 0 Å². The number of phenolic OH excluding ortho intramolecular Hbond substituents is 1. The van der Waals surface area contributed by atoms with E-state index in [0.717, 1.165) is 5.56 Å². The normalized spacial score (nSPS) is 18.0. The summed E-state index contributed by atoms with van der Waals surface area (Å²) in [5.41, 5.74) is 1.51. The van der Waals surface area contributed by atoms with Crippen LogP contribution in [0.2, 0.25) is 5.02 Å². The highest BCUT2D eigenvalue weighted by atomic mass is 35.5. The number of nitrogens with zero attached hydrogens (tertiary/aromatic N) is 1. The fraction of sp³-hybridized carbons (Fsp3) is 0. The van der Waals surface area contributed by atoms with Crippen molar-refractivity contribution in [2.75, 3.05) is 0 Å². The van der Waals surface area contributed by atoms with Crippen LogP contribution in [-0.2, 0) is 4.79 Å². The molecular formula is C16H11ClN2O2S. The average Bonchev–Trinajstić information content (AvgIpc) is 2.81. The first-order valence-electron chi connectivity index (χ1n) is 6.44. The molecule has 4 nitrogen and oxygen atoms in total. The predicted octanol–water partition coefficient (Wildman–Crippen LogP) is 3.94. The minimum Gasteiger partial charge on any atom is -0.508 e. The highest BCUT2D eigenvalue weighted by Crippen LogP contribution is 2.29. The number of thioether (sulfide) groups is 1. The van der Waals surface area contributed by atoms with E-state index in [2.05, 4.69) is 10.3 Å². The number of aromatic hydroxyl groups is 1. The van der Waals surface area contributed by atoms with Gasteiger partial charge in [0.15, 0.2) is 5.17 Å². The van der Waals surface area contributed by atoms with Crippen molar-refractivity contribution >= 4 is 46.2 Å². The van der Waals surface area contributed by atoms with Crippen LogP contribution < -0.4 is 5.32 Å². The SMILES string of the molecule is O=C1NC(=Nc2cccc(Cl)c2)SC1=Cc1ccc(O)cc1. The van der Waals surface area contributed by atoms with Gasteiger partial charge in [0.25, 0.3) is 5.91 Å². The Bertz CT molecular complexity index is 785.